The number of rotatable bonds is 30. The third-order valence-electron chi connectivity index (χ3n) is 7.46. The minimum absolute atomic E-state index is 0.273. The smallest absolute Gasteiger partial charge is 0.267 e. The van der Waals surface area contributed by atoms with Crippen molar-refractivity contribution >= 4 is 16.0 Å². The molecule has 0 aromatic rings. The van der Waals surface area contributed by atoms with Gasteiger partial charge in [0.25, 0.3) is 10.1 Å². The lowest BCUT2D eigenvalue weighted by atomic mass is 10.1. The van der Waals surface area contributed by atoms with Crippen molar-refractivity contribution in [3.63, 3.8) is 0 Å². The van der Waals surface area contributed by atoms with Gasteiger partial charge in [0.15, 0.2) is 0 Å². The third-order valence-corrected chi connectivity index (χ3v) is 8.24. The molecular formula is C36H65NO5S. The molecule has 0 radical (unpaired) electrons. The van der Waals surface area contributed by atoms with Crippen molar-refractivity contribution in [2.45, 2.75) is 167 Å². The van der Waals surface area contributed by atoms with Gasteiger partial charge >= 0.3 is 0 Å². The lowest BCUT2D eigenvalue weighted by Crippen LogP contribution is -2.46. The second kappa shape index (κ2) is 30.3. The predicted octanol–water partition coefficient (Wildman–Crippen LogP) is 9.57. The molecule has 2 atom stereocenters. The van der Waals surface area contributed by atoms with Crippen molar-refractivity contribution in [3.05, 3.63) is 48.6 Å². The summed E-state index contributed by atoms with van der Waals surface area (Å²) in [4.78, 5) is 12.4. The Labute approximate surface area is 265 Å². The van der Waals surface area contributed by atoms with Crippen molar-refractivity contribution in [2.75, 3.05) is 5.75 Å². The van der Waals surface area contributed by atoms with E-state index in [1.807, 2.05) is 0 Å². The molecule has 0 bridgehead atoms. The van der Waals surface area contributed by atoms with E-state index in [1.54, 1.807) is 6.08 Å². The van der Waals surface area contributed by atoms with Gasteiger partial charge in [0.05, 0.1) is 17.9 Å². The Hall–Kier alpha value is -1.70. The van der Waals surface area contributed by atoms with E-state index in [4.69, 9.17) is 0 Å². The van der Waals surface area contributed by atoms with Crippen LogP contribution in [0, 0.1) is 0 Å². The van der Waals surface area contributed by atoms with E-state index in [-0.39, 0.29) is 12.3 Å². The molecule has 0 rings (SSSR count). The molecule has 0 aromatic heterocycles. The average Bonchev–Trinajstić information content (AvgIpc) is 2.96. The minimum Gasteiger partial charge on any atom is -0.387 e. The quantitative estimate of drug-likeness (QED) is 0.0420. The standard InChI is InChI=1S/C36H65NO5S/c1-3-5-7-9-11-13-15-17-19-21-23-25-27-29-31-35(38)34(33-43(40,41)42)37-36(39)32-30-28-26-24-22-20-18-16-14-12-10-8-6-4-2/h13,15-16,18,21,23,29,31,34-35,38H,3-12,14,17,19-20,22,24-28,30,32-33H2,1-2H3,(H,37,39)(H,40,41,42)/b15-13+,18-16-,23-21+,31-29+. The highest BCUT2D eigenvalue weighted by molar-refractivity contribution is 7.85. The van der Waals surface area contributed by atoms with Gasteiger partial charge in [-0.2, -0.15) is 8.42 Å². The van der Waals surface area contributed by atoms with Crippen LogP contribution < -0.4 is 5.32 Å². The number of allylic oxidation sites excluding steroid dienone is 7. The van der Waals surface area contributed by atoms with Gasteiger partial charge in [-0.15, -0.1) is 0 Å². The summed E-state index contributed by atoms with van der Waals surface area (Å²) >= 11 is 0. The van der Waals surface area contributed by atoms with E-state index in [1.165, 1.54) is 70.3 Å². The molecular weight excluding hydrogens is 558 g/mol. The molecule has 43 heavy (non-hydrogen) atoms. The summed E-state index contributed by atoms with van der Waals surface area (Å²) in [7, 11) is -4.35. The normalized spacial score (nSPS) is 14.0. The van der Waals surface area contributed by atoms with Crippen LogP contribution >= 0.6 is 0 Å². The number of hydrogen-bond donors (Lipinski definition) is 3. The molecule has 0 saturated carbocycles. The number of amides is 1. The number of unbranched alkanes of at least 4 members (excludes halogenated alkanes) is 16. The summed E-state index contributed by atoms with van der Waals surface area (Å²) in [6, 6.07) is -1.08. The summed E-state index contributed by atoms with van der Waals surface area (Å²) in [5.41, 5.74) is 0. The summed E-state index contributed by atoms with van der Waals surface area (Å²) < 4.78 is 32.3. The SMILES string of the molecule is CCCCCC/C=C/CC/C=C/CC/C=C/C(O)C(CS(=O)(=O)O)NC(=O)CCCCCCC/C=C\CCCCCCC. The Morgan fingerprint density at radius 3 is 1.49 bits per heavy atom. The van der Waals surface area contributed by atoms with Crippen molar-refractivity contribution in [2.24, 2.45) is 0 Å². The maximum Gasteiger partial charge on any atom is 0.267 e. The van der Waals surface area contributed by atoms with Gasteiger partial charge in [0.2, 0.25) is 5.91 Å². The first kappa shape index (κ1) is 41.3. The predicted molar refractivity (Wildman–Crippen MR) is 184 cm³/mol. The van der Waals surface area contributed by atoms with E-state index in [0.29, 0.717) is 12.8 Å². The van der Waals surface area contributed by atoms with Crippen molar-refractivity contribution in [1.82, 2.24) is 5.32 Å². The lowest BCUT2D eigenvalue weighted by molar-refractivity contribution is -0.122. The Morgan fingerprint density at radius 2 is 1.00 bits per heavy atom. The molecule has 1 amide bonds. The summed E-state index contributed by atoms with van der Waals surface area (Å²) in [6.07, 6.45) is 39.4. The van der Waals surface area contributed by atoms with Crippen molar-refractivity contribution < 1.29 is 22.9 Å². The zero-order valence-electron chi connectivity index (χ0n) is 27.6. The van der Waals surface area contributed by atoms with Gasteiger partial charge in [-0.1, -0.05) is 127 Å². The van der Waals surface area contributed by atoms with Crippen LogP contribution in [0.3, 0.4) is 0 Å². The zero-order chi connectivity index (χ0) is 31.9. The van der Waals surface area contributed by atoms with Gasteiger partial charge in [-0.05, 0) is 70.6 Å². The number of carbonyl (C=O) groups is 1. The molecule has 6 nitrogen and oxygen atoms in total. The number of carbonyl (C=O) groups excluding carboxylic acids is 1. The van der Waals surface area contributed by atoms with Crippen LogP contribution in [0.1, 0.15) is 155 Å². The Morgan fingerprint density at radius 1 is 0.605 bits per heavy atom. The molecule has 0 fully saturated rings. The largest absolute Gasteiger partial charge is 0.387 e. The number of aliphatic hydroxyl groups excluding tert-OH is 1. The topological polar surface area (TPSA) is 104 Å². The fourth-order valence-corrected chi connectivity index (χ4v) is 5.56. The summed E-state index contributed by atoms with van der Waals surface area (Å²) in [5.74, 6) is -1.02. The molecule has 7 heteroatoms. The number of hydrogen-bond acceptors (Lipinski definition) is 4. The first-order chi connectivity index (χ1) is 20.8. The molecule has 0 aromatic carbocycles. The Bertz CT molecular complexity index is 863. The van der Waals surface area contributed by atoms with E-state index in [9.17, 15) is 22.9 Å². The molecule has 0 spiro atoms. The molecule has 0 aliphatic carbocycles. The van der Waals surface area contributed by atoms with Crippen LogP contribution in [0.2, 0.25) is 0 Å². The summed E-state index contributed by atoms with van der Waals surface area (Å²) in [6.45, 7) is 4.46. The van der Waals surface area contributed by atoms with E-state index < -0.39 is 28.0 Å². The molecule has 2 unspecified atom stereocenters. The number of aliphatic hydroxyl groups is 1. The van der Waals surface area contributed by atoms with Crippen LogP contribution in [-0.4, -0.2) is 41.9 Å². The van der Waals surface area contributed by atoms with Crippen LogP contribution in [0.15, 0.2) is 48.6 Å². The zero-order valence-corrected chi connectivity index (χ0v) is 28.4. The van der Waals surface area contributed by atoms with Crippen LogP contribution in [0.4, 0.5) is 0 Å². The van der Waals surface area contributed by atoms with Crippen molar-refractivity contribution in [1.29, 1.82) is 0 Å². The van der Waals surface area contributed by atoms with Crippen LogP contribution in [-0.2, 0) is 14.9 Å². The highest BCUT2D eigenvalue weighted by Crippen LogP contribution is 2.11. The van der Waals surface area contributed by atoms with Crippen LogP contribution in [0.5, 0.6) is 0 Å². The second-order valence-corrected chi connectivity index (χ2v) is 13.3. The monoisotopic (exact) mass is 623 g/mol. The summed E-state index contributed by atoms with van der Waals surface area (Å²) in [5, 5.41) is 13.1. The maximum absolute atomic E-state index is 12.4. The van der Waals surface area contributed by atoms with Crippen LogP contribution in [0.25, 0.3) is 0 Å². The van der Waals surface area contributed by atoms with Gasteiger partial charge in [-0.25, -0.2) is 0 Å². The second-order valence-electron chi connectivity index (χ2n) is 11.8. The number of nitrogens with one attached hydrogen (secondary N) is 1. The van der Waals surface area contributed by atoms with Gasteiger partial charge < -0.3 is 10.4 Å². The maximum atomic E-state index is 12.4. The minimum atomic E-state index is -4.35. The third kappa shape index (κ3) is 31.5. The Balaban J connectivity index is 4.13. The first-order valence-electron chi connectivity index (χ1n) is 17.3. The van der Waals surface area contributed by atoms with Gasteiger partial charge in [0.1, 0.15) is 0 Å². The van der Waals surface area contributed by atoms with Gasteiger partial charge in [-0.3, -0.25) is 9.35 Å². The van der Waals surface area contributed by atoms with E-state index >= 15 is 0 Å². The lowest BCUT2D eigenvalue weighted by Gasteiger charge is -2.21. The molecule has 0 aliphatic rings. The van der Waals surface area contributed by atoms with Crippen molar-refractivity contribution in [3.8, 4) is 0 Å². The first-order valence-corrected chi connectivity index (χ1v) is 18.9. The van der Waals surface area contributed by atoms with E-state index in [0.717, 1.165) is 57.8 Å². The van der Waals surface area contributed by atoms with Gasteiger partial charge in [0, 0.05) is 6.42 Å². The fraction of sp³-hybridized carbons (Fsp3) is 0.750. The molecule has 0 saturated heterocycles. The van der Waals surface area contributed by atoms with E-state index in [2.05, 4.69) is 55.6 Å². The molecule has 250 valence electrons. The average molecular weight is 624 g/mol. The highest BCUT2D eigenvalue weighted by Gasteiger charge is 2.24. The molecule has 0 aliphatic heterocycles. The fourth-order valence-electron chi connectivity index (χ4n) is 4.83. The Kier molecular flexibility index (Phi) is 29.1. The molecule has 0 heterocycles. The highest BCUT2D eigenvalue weighted by atomic mass is 32.2. The molecule has 3 N–H and O–H groups in total.